The van der Waals surface area contributed by atoms with Gasteiger partial charge in [-0.05, 0) is 36.8 Å². The normalized spacial score (nSPS) is 10.7. The quantitative estimate of drug-likeness (QED) is 0.677. The summed E-state index contributed by atoms with van der Waals surface area (Å²) >= 11 is 0. The fraction of sp³-hybridized carbons (Fsp3) is 0.250. The van der Waals surface area contributed by atoms with E-state index in [0.29, 0.717) is 24.7 Å². The Kier molecular flexibility index (Phi) is 5.41. The van der Waals surface area contributed by atoms with Crippen LogP contribution in [0.3, 0.4) is 0 Å². The summed E-state index contributed by atoms with van der Waals surface area (Å²) in [4.78, 5) is 13.9. The molecular formula is C20H20FN3O2. The summed E-state index contributed by atoms with van der Waals surface area (Å²) in [6.07, 6.45) is 0.651. The summed E-state index contributed by atoms with van der Waals surface area (Å²) in [6.45, 7) is 2.44. The van der Waals surface area contributed by atoms with E-state index in [2.05, 4.69) is 10.2 Å². The highest BCUT2D eigenvalue weighted by Gasteiger charge is 2.13. The van der Waals surface area contributed by atoms with Crippen LogP contribution in [0.1, 0.15) is 23.4 Å². The molecule has 0 fully saturated rings. The summed E-state index contributed by atoms with van der Waals surface area (Å²) in [5.41, 5.74) is 2.89. The van der Waals surface area contributed by atoms with Crippen molar-refractivity contribution in [1.29, 1.82) is 0 Å². The van der Waals surface area contributed by atoms with Gasteiger partial charge in [0.1, 0.15) is 5.82 Å². The molecule has 3 aromatic rings. The molecule has 1 amide bonds. The highest BCUT2D eigenvalue weighted by atomic mass is 19.1. The fourth-order valence-corrected chi connectivity index (χ4v) is 2.52. The molecule has 1 heterocycles. The van der Waals surface area contributed by atoms with E-state index in [1.807, 2.05) is 31.2 Å². The molecule has 0 saturated carbocycles. The number of carbonyl (C=O) groups excluding carboxylic acids is 1. The van der Waals surface area contributed by atoms with Gasteiger partial charge < -0.3 is 9.32 Å². The molecule has 5 nitrogen and oxygen atoms in total. The van der Waals surface area contributed by atoms with Gasteiger partial charge in [-0.2, -0.15) is 0 Å². The van der Waals surface area contributed by atoms with E-state index in [4.69, 9.17) is 4.42 Å². The van der Waals surface area contributed by atoms with Crippen LogP contribution in [0.15, 0.2) is 52.9 Å². The molecule has 0 saturated heterocycles. The molecule has 0 atom stereocenters. The molecule has 0 spiro atoms. The Morgan fingerprint density at radius 3 is 2.46 bits per heavy atom. The molecule has 0 radical (unpaired) electrons. The molecule has 0 aliphatic carbocycles. The second-order valence-corrected chi connectivity index (χ2v) is 6.24. The first kappa shape index (κ1) is 17.8. The topological polar surface area (TPSA) is 59.2 Å². The van der Waals surface area contributed by atoms with Gasteiger partial charge in [-0.25, -0.2) is 4.39 Å². The van der Waals surface area contributed by atoms with E-state index >= 15 is 0 Å². The third-order valence-electron chi connectivity index (χ3n) is 4.08. The monoisotopic (exact) mass is 353 g/mol. The van der Waals surface area contributed by atoms with Gasteiger partial charge >= 0.3 is 0 Å². The van der Waals surface area contributed by atoms with Crippen LogP contribution >= 0.6 is 0 Å². The second-order valence-electron chi connectivity index (χ2n) is 6.24. The average molecular weight is 353 g/mol. The standard InChI is InChI=1S/C20H20FN3O2/c1-14-3-7-16(8-4-14)20-23-22-18(26-20)11-12-19(25)24(2)13-15-5-9-17(21)10-6-15/h3-10H,11-13H2,1-2H3. The number of benzene rings is 2. The zero-order chi connectivity index (χ0) is 18.5. The first-order chi connectivity index (χ1) is 12.5. The molecular weight excluding hydrogens is 333 g/mol. The first-order valence-corrected chi connectivity index (χ1v) is 8.39. The van der Waals surface area contributed by atoms with Gasteiger partial charge in [0.05, 0.1) is 0 Å². The molecule has 26 heavy (non-hydrogen) atoms. The lowest BCUT2D eigenvalue weighted by molar-refractivity contribution is -0.130. The largest absolute Gasteiger partial charge is 0.421 e. The van der Waals surface area contributed by atoms with Crippen molar-refractivity contribution in [1.82, 2.24) is 15.1 Å². The van der Waals surface area contributed by atoms with Crippen LogP contribution in [-0.4, -0.2) is 28.1 Å². The van der Waals surface area contributed by atoms with Gasteiger partial charge in [-0.1, -0.05) is 29.8 Å². The minimum atomic E-state index is -0.288. The van der Waals surface area contributed by atoms with Crippen molar-refractivity contribution >= 4 is 5.91 Å². The maximum Gasteiger partial charge on any atom is 0.247 e. The minimum absolute atomic E-state index is 0.0376. The summed E-state index contributed by atoms with van der Waals surface area (Å²) in [5.74, 6) is 0.559. The lowest BCUT2D eigenvalue weighted by atomic mass is 10.1. The summed E-state index contributed by atoms with van der Waals surface area (Å²) < 4.78 is 18.6. The predicted molar refractivity (Wildman–Crippen MR) is 95.7 cm³/mol. The highest BCUT2D eigenvalue weighted by molar-refractivity contribution is 5.76. The van der Waals surface area contributed by atoms with E-state index in [1.54, 1.807) is 24.1 Å². The number of aromatic nitrogens is 2. The molecule has 6 heteroatoms. The lowest BCUT2D eigenvalue weighted by Crippen LogP contribution is -2.26. The van der Waals surface area contributed by atoms with Crippen molar-refractivity contribution in [3.63, 3.8) is 0 Å². The molecule has 2 aromatic carbocycles. The van der Waals surface area contributed by atoms with Crippen molar-refractivity contribution in [2.45, 2.75) is 26.3 Å². The number of hydrogen-bond donors (Lipinski definition) is 0. The zero-order valence-corrected chi connectivity index (χ0v) is 14.8. The number of nitrogens with zero attached hydrogens (tertiary/aromatic N) is 3. The Balaban J connectivity index is 1.54. The van der Waals surface area contributed by atoms with Crippen LogP contribution in [0.25, 0.3) is 11.5 Å². The number of hydrogen-bond acceptors (Lipinski definition) is 4. The summed E-state index contributed by atoms with van der Waals surface area (Å²) in [5, 5.41) is 8.05. The first-order valence-electron chi connectivity index (χ1n) is 8.39. The molecule has 1 aromatic heterocycles. The zero-order valence-electron chi connectivity index (χ0n) is 14.8. The Labute approximate surface area is 151 Å². The fourth-order valence-electron chi connectivity index (χ4n) is 2.52. The smallest absolute Gasteiger partial charge is 0.247 e. The van der Waals surface area contributed by atoms with E-state index < -0.39 is 0 Å². The van der Waals surface area contributed by atoms with Crippen LogP contribution in [0.2, 0.25) is 0 Å². The van der Waals surface area contributed by atoms with Crippen LogP contribution in [0.4, 0.5) is 4.39 Å². The van der Waals surface area contributed by atoms with Crippen molar-refractivity contribution < 1.29 is 13.6 Å². The van der Waals surface area contributed by atoms with Crippen molar-refractivity contribution in [2.75, 3.05) is 7.05 Å². The molecule has 0 aliphatic rings. The van der Waals surface area contributed by atoms with Gasteiger partial charge in [0.2, 0.25) is 17.7 Å². The number of carbonyl (C=O) groups is 1. The Hall–Kier alpha value is -3.02. The van der Waals surface area contributed by atoms with Crippen LogP contribution in [0.5, 0.6) is 0 Å². The molecule has 0 N–H and O–H groups in total. The molecule has 0 unspecified atom stereocenters. The van der Waals surface area contributed by atoms with E-state index in [1.165, 1.54) is 12.1 Å². The maximum absolute atomic E-state index is 12.9. The molecule has 134 valence electrons. The second kappa shape index (κ2) is 7.91. The van der Waals surface area contributed by atoms with E-state index in [-0.39, 0.29) is 18.1 Å². The lowest BCUT2D eigenvalue weighted by Gasteiger charge is -2.16. The van der Waals surface area contributed by atoms with Crippen molar-refractivity contribution in [3.05, 3.63) is 71.4 Å². The highest BCUT2D eigenvalue weighted by Crippen LogP contribution is 2.19. The van der Waals surface area contributed by atoms with Gasteiger partial charge in [-0.15, -0.1) is 10.2 Å². The molecule has 0 aliphatic heterocycles. The number of amides is 1. The van der Waals surface area contributed by atoms with Crippen molar-refractivity contribution in [3.8, 4) is 11.5 Å². The SMILES string of the molecule is Cc1ccc(-c2nnc(CCC(=O)N(C)Cc3ccc(F)cc3)o2)cc1. The Morgan fingerprint density at radius 2 is 1.77 bits per heavy atom. The van der Waals surface area contributed by atoms with Gasteiger partial charge in [-0.3, -0.25) is 4.79 Å². The minimum Gasteiger partial charge on any atom is -0.421 e. The van der Waals surface area contributed by atoms with Crippen LogP contribution in [0, 0.1) is 12.7 Å². The molecule has 0 bridgehead atoms. The van der Waals surface area contributed by atoms with Gasteiger partial charge in [0.15, 0.2) is 0 Å². The van der Waals surface area contributed by atoms with E-state index in [0.717, 1.165) is 16.7 Å². The number of aryl methyl sites for hydroxylation is 2. The van der Waals surface area contributed by atoms with Gasteiger partial charge in [0.25, 0.3) is 0 Å². The third kappa shape index (κ3) is 4.53. The van der Waals surface area contributed by atoms with Gasteiger partial charge in [0, 0.05) is 32.0 Å². The number of rotatable bonds is 6. The Morgan fingerprint density at radius 1 is 1.08 bits per heavy atom. The average Bonchev–Trinajstić information content (AvgIpc) is 3.11. The maximum atomic E-state index is 12.9. The van der Waals surface area contributed by atoms with Crippen LogP contribution < -0.4 is 0 Å². The molecule has 3 rings (SSSR count). The summed E-state index contributed by atoms with van der Waals surface area (Å²) in [7, 11) is 1.72. The van der Waals surface area contributed by atoms with Crippen LogP contribution in [-0.2, 0) is 17.8 Å². The number of halogens is 1. The predicted octanol–water partition coefficient (Wildman–Crippen LogP) is 3.78. The summed E-state index contributed by atoms with van der Waals surface area (Å²) in [6, 6.07) is 13.9. The Bertz CT molecular complexity index is 873. The van der Waals surface area contributed by atoms with Crippen molar-refractivity contribution in [2.24, 2.45) is 0 Å². The van der Waals surface area contributed by atoms with E-state index in [9.17, 15) is 9.18 Å². The third-order valence-corrected chi connectivity index (χ3v) is 4.08.